The van der Waals surface area contributed by atoms with Crippen LogP contribution in [0.15, 0.2) is 72.4 Å². The van der Waals surface area contributed by atoms with Crippen molar-refractivity contribution in [2.45, 2.75) is 19.3 Å². The number of ketones is 1. The van der Waals surface area contributed by atoms with Gasteiger partial charge in [-0.3, -0.25) is 14.6 Å². The van der Waals surface area contributed by atoms with E-state index in [-0.39, 0.29) is 11.2 Å². The number of nitrogens with zero attached hydrogens (tertiary/aromatic N) is 3. The van der Waals surface area contributed by atoms with Gasteiger partial charge in [-0.25, -0.2) is 0 Å². The van der Waals surface area contributed by atoms with Crippen LogP contribution in [0.3, 0.4) is 0 Å². The minimum absolute atomic E-state index is 0.148. The molecular weight excluding hydrogens is 382 g/mol. The van der Waals surface area contributed by atoms with E-state index in [2.05, 4.69) is 96.3 Å². The standard InChI is InChI=1S/C27H33N3O/c1-27(2)24-13-7-8-14-25(24)28(3)26(27)20-23(31)21-30-18-16-29(17-19-30)15-9-12-22-10-5-4-6-11-22/h4-14,20H,15-19,21H2,1-3H3/b12-9+,26-20+. The first-order valence-electron chi connectivity index (χ1n) is 11.2. The highest BCUT2D eigenvalue weighted by Crippen LogP contribution is 2.46. The van der Waals surface area contributed by atoms with Gasteiger partial charge in [0.15, 0.2) is 5.78 Å². The van der Waals surface area contributed by atoms with Gasteiger partial charge in [-0.05, 0) is 17.2 Å². The molecule has 0 saturated carbocycles. The number of benzene rings is 2. The molecule has 31 heavy (non-hydrogen) atoms. The van der Waals surface area contributed by atoms with Gasteiger partial charge in [0.05, 0.1) is 6.54 Å². The SMILES string of the molecule is CN1/C(=C/C(=O)CN2CCN(C/C=C/c3ccccc3)CC2)C(C)(C)c2ccccc21. The van der Waals surface area contributed by atoms with Crippen molar-refractivity contribution in [1.82, 2.24) is 9.80 Å². The van der Waals surface area contributed by atoms with Crippen LogP contribution in [0.5, 0.6) is 0 Å². The quantitative estimate of drug-likeness (QED) is 0.661. The van der Waals surface area contributed by atoms with E-state index in [1.165, 1.54) is 16.8 Å². The number of fused-ring (bicyclic) bond motifs is 1. The summed E-state index contributed by atoms with van der Waals surface area (Å²) in [6.45, 7) is 9.74. The largest absolute Gasteiger partial charge is 0.347 e. The third-order valence-corrected chi connectivity index (χ3v) is 6.56. The summed E-state index contributed by atoms with van der Waals surface area (Å²) in [6.07, 6.45) is 6.28. The van der Waals surface area contributed by atoms with E-state index < -0.39 is 0 Å². The smallest absolute Gasteiger partial charge is 0.171 e. The van der Waals surface area contributed by atoms with Crippen molar-refractivity contribution in [3.05, 3.63) is 83.6 Å². The first-order chi connectivity index (χ1) is 14.9. The van der Waals surface area contributed by atoms with Gasteiger partial charge in [0.1, 0.15) is 0 Å². The van der Waals surface area contributed by atoms with Crippen LogP contribution in [-0.4, -0.2) is 61.9 Å². The van der Waals surface area contributed by atoms with Crippen LogP contribution in [0.25, 0.3) is 6.08 Å². The average Bonchev–Trinajstić information content (AvgIpc) is 2.97. The van der Waals surface area contributed by atoms with Crippen LogP contribution < -0.4 is 4.90 Å². The molecule has 0 radical (unpaired) electrons. The van der Waals surface area contributed by atoms with Crippen molar-refractivity contribution >= 4 is 17.5 Å². The van der Waals surface area contributed by atoms with Crippen LogP contribution in [0.4, 0.5) is 5.69 Å². The lowest BCUT2D eigenvalue weighted by Crippen LogP contribution is -2.47. The number of likely N-dealkylation sites (N-methyl/N-ethyl adjacent to an activating group) is 1. The molecule has 162 valence electrons. The lowest BCUT2D eigenvalue weighted by Gasteiger charge is -2.33. The lowest BCUT2D eigenvalue weighted by molar-refractivity contribution is -0.116. The Morgan fingerprint density at radius 3 is 2.29 bits per heavy atom. The summed E-state index contributed by atoms with van der Waals surface area (Å²) in [5, 5.41) is 0. The molecule has 0 bridgehead atoms. The summed E-state index contributed by atoms with van der Waals surface area (Å²) in [5.41, 5.74) is 4.66. The van der Waals surface area contributed by atoms with Crippen molar-refractivity contribution in [1.29, 1.82) is 0 Å². The van der Waals surface area contributed by atoms with Gasteiger partial charge >= 0.3 is 0 Å². The molecule has 0 aliphatic carbocycles. The third-order valence-electron chi connectivity index (χ3n) is 6.56. The predicted octanol–water partition coefficient (Wildman–Crippen LogP) is 4.20. The number of para-hydroxylation sites is 1. The second-order valence-electron chi connectivity index (χ2n) is 9.09. The molecule has 0 spiro atoms. The zero-order valence-electron chi connectivity index (χ0n) is 18.9. The zero-order valence-corrected chi connectivity index (χ0v) is 18.9. The molecule has 2 heterocycles. The number of carbonyl (C=O) groups is 1. The van der Waals surface area contributed by atoms with E-state index >= 15 is 0 Å². The Balaban J connectivity index is 1.29. The fourth-order valence-corrected chi connectivity index (χ4v) is 4.71. The highest BCUT2D eigenvalue weighted by atomic mass is 16.1. The molecule has 4 rings (SSSR count). The van der Waals surface area contributed by atoms with Crippen molar-refractivity contribution in [2.24, 2.45) is 0 Å². The zero-order chi connectivity index (χ0) is 21.8. The summed E-state index contributed by atoms with van der Waals surface area (Å²) < 4.78 is 0. The highest BCUT2D eigenvalue weighted by Gasteiger charge is 2.38. The molecule has 4 nitrogen and oxygen atoms in total. The molecule has 0 unspecified atom stereocenters. The van der Waals surface area contributed by atoms with E-state index in [1.807, 2.05) is 12.1 Å². The Morgan fingerprint density at radius 1 is 0.935 bits per heavy atom. The van der Waals surface area contributed by atoms with Crippen LogP contribution in [0.1, 0.15) is 25.0 Å². The number of hydrogen-bond acceptors (Lipinski definition) is 4. The van der Waals surface area contributed by atoms with Gasteiger partial charge in [-0.1, -0.05) is 74.5 Å². The molecule has 0 aromatic heterocycles. The second kappa shape index (κ2) is 9.21. The Hall–Kier alpha value is -2.69. The van der Waals surface area contributed by atoms with E-state index in [9.17, 15) is 4.79 Å². The Labute approximate surface area is 186 Å². The van der Waals surface area contributed by atoms with E-state index in [0.29, 0.717) is 6.54 Å². The maximum atomic E-state index is 12.9. The first-order valence-corrected chi connectivity index (χ1v) is 11.2. The Bertz CT molecular complexity index is 969. The molecule has 0 atom stereocenters. The lowest BCUT2D eigenvalue weighted by atomic mass is 9.83. The number of anilines is 1. The minimum atomic E-state index is -0.148. The topological polar surface area (TPSA) is 26.8 Å². The summed E-state index contributed by atoms with van der Waals surface area (Å²) >= 11 is 0. The number of carbonyl (C=O) groups excluding carboxylic acids is 1. The van der Waals surface area contributed by atoms with Crippen LogP contribution >= 0.6 is 0 Å². The molecule has 2 aromatic rings. The summed E-state index contributed by atoms with van der Waals surface area (Å²) in [6, 6.07) is 18.8. The monoisotopic (exact) mass is 415 g/mol. The number of allylic oxidation sites excluding steroid dienone is 1. The molecule has 1 fully saturated rings. The van der Waals surface area contributed by atoms with Crippen molar-refractivity contribution in [3.63, 3.8) is 0 Å². The molecule has 2 aliphatic rings. The Morgan fingerprint density at radius 2 is 1.58 bits per heavy atom. The van der Waals surface area contributed by atoms with Gasteiger partial charge in [0.2, 0.25) is 0 Å². The molecule has 0 N–H and O–H groups in total. The van der Waals surface area contributed by atoms with Gasteiger partial charge in [0, 0.05) is 62.6 Å². The molecule has 2 aliphatic heterocycles. The fourth-order valence-electron chi connectivity index (χ4n) is 4.71. The molecule has 4 heteroatoms. The average molecular weight is 416 g/mol. The number of rotatable bonds is 6. The summed E-state index contributed by atoms with van der Waals surface area (Å²) in [7, 11) is 2.06. The van der Waals surface area contributed by atoms with Gasteiger partial charge in [-0.2, -0.15) is 0 Å². The summed E-state index contributed by atoms with van der Waals surface area (Å²) in [4.78, 5) is 19.8. The molecular formula is C27H33N3O. The normalized spacial score (nSPS) is 20.5. The van der Waals surface area contributed by atoms with Crippen molar-refractivity contribution < 1.29 is 4.79 Å². The van der Waals surface area contributed by atoms with Crippen molar-refractivity contribution in [3.8, 4) is 0 Å². The number of piperazine rings is 1. The fraction of sp³-hybridized carbons (Fsp3) is 0.370. The third kappa shape index (κ3) is 4.81. The Kier molecular flexibility index (Phi) is 6.40. The molecule has 0 amide bonds. The van der Waals surface area contributed by atoms with Gasteiger partial charge in [0.25, 0.3) is 0 Å². The van der Waals surface area contributed by atoms with E-state index in [4.69, 9.17) is 0 Å². The van der Waals surface area contributed by atoms with Crippen LogP contribution in [0, 0.1) is 0 Å². The maximum Gasteiger partial charge on any atom is 0.171 e. The molecule has 2 aromatic carbocycles. The highest BCUT2D eigenvalue weighted by molar-refractivity contribution is 5.94. The molecule has 1 saturated heterocycles. The van der Waals surface area contributed by atoms with Crippen LogP contribution in [-0.2, 0) is 10.2 Å². The van der Waals surface area contributed by atoms with Crippen molar-refractivity contribution in [2.75, 3.05) is 51.2 Å². The minimum Gasteiger partial charge on any atom is -0.347 e. The van der Waals surface area contributed by atoms with Gasteiger partial charge in [-0.15, -0.1) is 0 Å². The van der Waals surface area contributed by atoms with Gasteiger partial charge < -0.3 is 4.90 Å². The number of hydrogen-bond donors (Lipinski definition) is 0. The second-order valence-corrected chi connectivity index (χ2v) is 9.09. The first kappa shape index (κ1) is 21.5. The summed E-state index contributed by atoms with van der Waals surface area (Å²) in [5.74, 6) is 0.195. The predicted molar refractivity (Wildman–Crippen MR) is 129 cm³/mol. The van der Waals surface area contributed by atoms with E-state index in [0.717, 1.165) is 38.4 Å². The maximum absolute atomic E-state index is 12.9. The van der Waals surface area contributed by atoms with Crippen LogP contribution in [0.2, 0.25) is 0 Å². The van der Waals surface area contributed by atoms with E-state index in [1.54, 1.807) is 0 Å².